The number of rotatable bonds is 13. The van der Waals surface area contributed by atoms with Gasteiger partial charge in [-0.15, -0.1) is 0 Å². The number of hydrogen-bond acceptors (Lipinski definition) is 5. The van der Waals surface area contributed by atoms with E-state index in [-0.39, 0.29) is 12.4 Å². The van der Waals surface area contributed by atoms with Gasteiger partial charge in [-0.3, -0.25) is 19.6 Å². The summed E-state index contributed by atoms with van der Waals surface area (Å²) in [5.74, 6) is -0.496. The quantitative estimate of drug-likeness (QED) is 0.104. The average Bonchev–Trinajstić information content (AvgIpc) is 3.81. The lowest BCUT2D eigenvalue weighted by Gasteiger charge is -2.36. The number of amides is 1. The standard InChI is InChI=1S/C44H37F2N7O/c45-40(46)28-48-27-38(30-13-5-1-6-14-30)51-43(54)42-49-36-25-35-39(26-37(36)50-42)53(52-41(35)31-21-23-47-24-22-31)29-44(32-15-7-2-8-16-32,33-17-9-3-10-18-33)34-19-11-4-12-20-34/h1-26,38,40,48,52H,27-29H2,(H,51,54). The van der Waals surface area contributed by atoms with Crippen LogP contribution in [0.2, 0.25) is 0 Å². The highest BCUT2D eigenvalue weighted by Crippen LogP contribution is 2.42. The van der Waals surface area contributed by atoms with Crippen LogP contribution in [0.3, 0.4) is 0 Å². The van der Waals surface area contributed by atoms with Crippen molar-refractivity contribution < 1.29 is 13.6 Å². The van der Waals surface area contributed by atoms with Crippen molar-refractivity contribution >= 4 is 27.8 Å². The first kappa shape index (κ1) is 34.6. The van der Waals surface area contributed by atoms with Gasteiger partial charge in [0.25, 0.3) is 12.3 Å². The first-order valence-electron chi connectivity index (χ1n) is 17.8. The third-order valence-electron chi connectivity index (χ3n) is 9.87. The van der Waals surface area contributed by atoms with E-state index in [1.807, 2.05) is 72.8 Å². The zero-order chi connectivity index (χ0) is 36.9. The molecule has 8 aromatic rings. The number of nitrogens with one attached hydrogen (secondary N) is 3. The Labute approximate surface area is 310 Å². The van der Waals surface area contributed by atoms with E-state index in [0.29, 0.717) is 17.6 Å². The molecular weight excluding hydrogens is 681 g/mol. The van der Waals surface area contributed by atoms with Crippen molar-refractivity contribution in [2.24, 2.45) is 0 Å². The Morgan fingerprint density at radius 1 is 0.704 bits per heavy atom. The van der Waals surface area contributed by atoms with Crippen molar-refractivity contribution in [2.45, 2.75) is 24.4 Å². The summed E-state index contributed by atoms with van der Waals surface area (Å²) in [7, 11) is 0. The van der Waals surface area contributed by atoms with E-state index in [1.54, 1.807) is 12.4 Å². The number of hydrogen-bond donors (Lipinski definition) is 3. The maximum absolute atomic E-state index is 13.7. The van der Waals surface area contributed by atoms with Gasteiger partial charge in [0, 0.05) is 29.9 Å². The van der Waals surface area contributed by atoms with Crippen molar-refractivity contribution in [1.82, 2.24) is 35.4 Å². The topological polar surface area (TPSA) is 101 Å². The fraction of sp³-hybridized carbons (Fsp3) is 0.136. The first-order chi connectivity index (χ1) is 26.5. The first-order valence-corrected chi connectivity index (χ1v) is 17.8. The molecule has 8 nitrogen and oxygen atoms in total. The fourth-order valence-corrected chi connectivity index (χ4v) is 7.32. The summed E-state index contributed by atoms with van der Waals surface area (Å²) in [4.78, 5) is 27.4. The summed E-state index contributed by atoms with van der Waals surface area (Å²) in [6.45, 7) is 0.137. The minimum atomic E-state index is -2.51. The number of fused-ring (bicyclic) bond motifs is 2. The van der Waals surface area contributed by atoms with Gasteiger partial charge in [-0.1, -0.05) is 121 Å². The third kappa shape index (κ3) is 6.87. The van der Waals surface area contributed by atoms with E-state index < -0.39 is 30.3 Å². The number of H-pyrrole nitrogens is 1. The molecular formula is C44H37F2N7O. The highest BCUT2D eigenvalue weighted by molar-refractivity contribution is 6.03. The molecule has 0 fully saturated rings. The highest BCUT2D eigenvalue weighted by atomic mass is 19.3. The molecule has 0 aliphatic rings. The molecule has 0 saturated heterocycles. The molecule has 1 amide bonds. The predicted molar refractivity (Wildman–Crippen MR) is 207 cm³/mol. The van der Waals surface area contributed by atoms with Crippen LogP contribution in [0.25, 0.3) is 33.2 Å². The maximum Gasteiger partial charge on any atom is 0.289 e. The lowest BCUT2D eigenvalue weighted by Crippen LogP contribution is -2.37. The van der Waals surface area contributed by atoms with E-state index in [2.05, 4.69) is 103 Å². The Morgan fingerprint density at radius 3 is 1.80 bits per heavy atom. The van der Waals surface area contributed by atoms with Crippen LogP contribution in [0.15, 0.2) is 158 Å². The van der Waals surface area contributed by atoms with Crippen LogP contribution in [0.4, 0.5) is 8.78 Å². The van der Waals surface area contributed by atoms with Crippen LogP contribution in [0.5, 0.6) is 0 Å². The number of halogens is 2. The normalized spacial score (nSPS) is 12.4. The molecule has 0 saturated carbocycles. The van der Waals surface area contributed by atoms with Crippen molar-refractivity contribution in [2.75, 3.05) is 13.1 Å². The monoisotopic (exact) mass is 717 g/mol. The van der Waals surface area contributed by atoms with Crippen LogP contribution in [0.1, 0.15) is 38.9 Å². The number of alkyl halides is 2. The molecule has 3 heterocycles. The molecule has 0 aliphatic carbocycles. The Kier molecular flexibility index (Phi) is 9.74. The Hall–Kier alpha value is -6.52. The lowest BCUT2D eigenvalue weighted by atomic mass is 9.69. The molecule has 10 heteroatoms. The molecule has 0 bridgehead atoms. The fourth-order valence-electron chi connectivity index (χ4n) is 7.32. The van der Waals surface area contributed by atoms with E-state index in [0.717, 1.165) is 44.4 Å². The molecule has 3 N–H and O–H groups in total. The van der Waals surface area contributed by atoms with Gasteiger partial charge in [0.1, 0.15) is 0 Å². The molecule has 1 atom stereocenters. The van der Waals surface area contributed by atoms with Gasteiger partial charge >= 0.3 is 0 Å². The number of aromatic nitrogens is 5. The van der Waals surface area contributed by atoms with Crippen LogP contribution < -0.4 is 10.6 Å². The molecule has 54 heavy (non-hydrogen) atoms. The molecule has 8 rings (SSSR count). The summed E-state index contributed by atoms with van der Waals surface area (Å²) < 4.78 is 28.1. The average molecular weight is 718 g/mol. The zero-order valence-corrected chi connectivity index (χ0v) is 29.2. The minimum absolute atomic E-state index is 0.000591. The Morgan fingerprint density at radius 2 is 1.24 bits per heavy atom. The van der Waals surface area contributed by atoms with Crippen molar-refractivity contribution in [3.8, 4) is 11.3 Å². The highest BCUT2D eigenvalue weighted by Gasteiger charge is 2.37. The number of benzene rings is 5. The van der Waals surface area contributed by atoms with E-state index in [4.69, 9.17) is 4.98 Å². The Bertz CT molecular complexity index is 2380. The van der Waals surface area contributed by atoms with Gasteiger partial charge in [-0.2, -0.15) is 0 Å². The molecule has 3 aromatic heterocycles. The van der Waals surface area contributed by atoms with Crippen molar-refractivity contribution in [1.29, 1.82) is 0 Å². The number of aromatic amines is 1. The van der Waals surface area contributed by atoms with Gasteiger partial charge in [0.15, 0.2) is 0 Å². The minimum Gasteiger partial charge on any atom is -0.341 e. The molecule has 0 aliphatic heterocycles. The summed E-state index contributed by atoms with van der Waals surface area (Å²) >= 11 is 0. The summed E-state index contributed by atoms with van der Waals surface area (Å²) in [5.41, 5.74) is 7.38. The molecule has 1 unspecified atom stereocenters. The van der Waals surface area contributed by atoms with Gasteiger partial charge in [0.2, 0.25) is 5.82 Å². The van der Waals surface area contributed by atoms with E-state index in [1.165, 1.54) is 0 Å². The number of pyridine rings is 1. The number of imidazole rings is 1. The summed E-state index contributed by atoms with van der Waals surface area (Å²) in [6.07, 6.45) is 1.01. The maximum atomic E-state index is 13.7. The SMILES string of the molecule is O=C(NC(CNCC(F)F)c1ccccc1)c1nc2cc3c(-c4ccncc4)[nH]n(CC(c4ccccc4)(c4ccccc4)c4ccccc4)c3cc2n1. The van der Waals surface area contributed by atoms with Gasteiger partial charge in [-0.25, -0.2) is 18.7 Å². The summed E-state index contributed by atoms with van der Waals surface area (Å²) in [6, 6.07) is 48.1. The summed E-state index contributed by atoms with van der Waals surface area (Å²) in [5, 5.41) is 10.4. The third-order valence-corrected chi connectivity index (χ3v) is 9.87. The van der Waals surface area contributed by atoms with Crippen LogP contribution in [0, 0.1) is 0 Å². The van der Waals surface area contributed by atoms with E-state index >= 15 is 0 Å². The van der Waals surface area contributed by atoms with Gasteiger partial charge < -0.3 is 10.6 Å². The molecule has 268 valence electrons. The largest absolute Gasteiger partial charge is 0.341 e. The molecule has 0 radical (unpaired) electrons. The second kappa shape index (κ2) is 15.2. The number of carbonyl (C=O) groups is 1. The predicted octanol–water partition coefficient (Wildman–Crippen LogP) is 8.34. The Balaban J connectivity index is 1.25. The lowest BCUT2D eigenvalue weighted by molar-refractivity contribution is 0.0925. The second-order valence-corrected chi connectivity index (χ2v) is 13.2. The van der Waals surface area contributed by atoms with E-state index in [9.17, 15) is 13.6 Å². The van der Waals surface area contributed by atoms with Crippen molar-refractivity contribution in [3.63, 3.8) is 0 Å². The molecule has 0 spiro atoms. The van der Waals surface area contributed by atoms with Crippen LogP contribution >= 0.6 is 0 Å². The second-order valence-electron chi connectivity index (χ2n) is 13.2. The number of carbonyl (C=O) groups excluding carboxylic acids is 1. The smallest absolute Gasteiger partial charge is 0.289 e. The van der Waals surface area contributed by atoms with Crippen LogP contribution in [-0.4, -0.2) is 50.2 Å². The molecule has 5 aromatic carbocycles. The zero-order valence-electron chi connectivity index (χ0n) is 29.2. The van der Waals surface area contributed by atoms with Gasteiger partial charge in [0.05, 0.1) is 46.8 Å². The van der Waals surface area contributed by atoms with Crippen LogP contribution in [-0.2, 0) is 12.0 Å². The van der Waals surface area contributed by atoms with Gasteiger partial charge in [-0.05, 0) is 46.5 Å². The van der Waals surface area contributed by atoms with Crippen molar-refractivity contribution in [3.05, 3.63) is 186 Å². The number of nitrogens with zero attached hydrogens (tertiary/aromatic N) is 4.